The van der Waals surface area contributed by atoms with Crippen LogP contribution in [0, 0.1) is 0 Å². The van der Waals surface area contributed by atoms with Gasteiger partial charge in [0.15, 0.2) is 6.61 Å². The predicted molar refractivity (Wildman–Crippen MR) is 108 cm³/mol. The van der Waals surface area contributed by atoms with Gasteiger partial charge in [-0.3, -0.25) is 5.32 Å². The molecular weight excluding hydrogens is 370 g/mol. The van der Waals surface area contributed by atoms with Crippen molar-refractivity contribution in [1.82, 2.24) is 0 Å². The Morgan fingerprint density at radius 2 is 1.55 bits per heavy atom. The molecule has 146 valence electrons. The third kappa shape index (κ3) is 4.06. The number of aliphatic carboxylic acids is 1. The van der Waals surface area contributed by atoms with Crippen LogP contribution in [0.4, 0.5) is 10.5 Å². The molecule has 0 heterocycles. The van der Waals surface area contributed by atoms with Crippen molar-refractivity contribution in [3.05, 3.63) is 83.9 Å². The minimum Gasteiger partial charge on any atom is -0.482 e. The first-order chi connectivity index (χ1) is 14.1. The maximum Gasteiger partial charge on any atom is 0.411 e. The molecule has 0 unspecified atom stereocenters. The third-order valence-corrected chi connectivity index (χ3v) is 4.79. The minimum atomic E-state index is -1.07. The van der Waals surface area contributed by atoms with Gasteiger partial charge in [-0.2, -0.15) is 0 Å². The molecule has 29 heavy (non-hydrogen) atoms. The second-order valence-corrected chi connectivity index (χ2v) is 6.66. The number of carboxylic acids is 1. The summed E-state index contributed by atoms with van der Waals surface area (Å²) in [5.41, 5.74) is 5.09. The van der Waals surface area contributed by atoms with E-state index in [-0.39, 0.29) is 12.5 Å². The number of hydrogen-bond acceptors (Lipinski definition) is 4. The van der Waals surface area contributed by atoms with Crippen molar-refractivity contribution in [2.75, 3.05) is 18.5 Å². The molecule has 2 N–H and O–H groups in total. The van der Waals surface area contributed by atoms with E-state index in [0.29, 0.717) is 11.4 Å². The second kappa shape index (κ2) is 8.06. The summed E-state index contributed by atoms with van der Waals surface area (Å²) in [5, 5.41) is 11.3. The summed E-state index contributed by atoms with van der Waals surface area (Å²) in [7, 11) is 0. The fraction of sp³-hybridized carbons (Fsp3) is 0.130. The zero-order chi connectivity index (χ0) is 20.2. The van der Waals surface area contributed by atoms with E-state index in [2.05, 4.69) is 29.6 Å². The molecule has 1 amide bonds. The molecule has 0 bridgehead atoms. The highest BCUT2D eigenvalue weighted by atomic mass is 16.5. The Morgan fingerprint density at radius 1 is 0.897 bits per heavy atom. The molecule has 1 aliphatic rings. The number of carbonyl (C=O) groups is 2. The quantitative estimate of drug-likeness (QED) is 0.648. The fourth-order valence-electron chi connectivity index (χ4n) is 3.56. The van der Waals surface area contributed by atoms with Crippen LogP contribution in [0.3, 0.4) is 0 Å². The van der Waals surface area contributed by atoms with Crippen LogP contribution in [0.25, 0.3) is 11.1 Å². The number of carboxylic acid groups (broad SMARTS) is 1. The van der Waals surface area contributed by atoms with Crippen molar-refractivity contribution >= 4 is 17.7 Å². The van der Waals surface area contributed by atoms with E-state index in [0.717, 1.165) is 11.1 Å². The molecule has 0 aliphatic heterocycles. The van der Waals surface area contributed by atoms with Crippen LogP contribution in [0.15, 0.2) is 72.8 Å². The Hall–Kier alpha value is -3.80. The Balaban J connectivity index is 1.42. The zero-order valence-electron chi connectivity index (χ0n) is 15.5. The van der Waals surface area contributed by atoms with Crippen LogP contribution in [0.1, 0.15) is 17.0 Å². The van der Waals surface area contributed by atoms with E-state index >= 15 is 0 Å². The lowest BCUT2D eigenvalue weighted by molar-refractivity contribution is -0.139. The predicted octanol–water partition coefficient (Wildman–Crippen LogP) is 4.51. The molecule has 0 atom stereocenters. The van der Waals surface area contributed by atoms with E-state index in [1.807, 2.05) is 24.3 Å². The standard InChI is InChI=1S/C23H19NO5/c25-22(26)14-28-16-7-5-6-15(12-16)24-23(27)29-13-21-19-10-3-1-8-17(19)18-9-2-4-11-20(18)21/h1-12,21H,13-14H2,(H,24,27)(H,25,26). The normalized spacial score (nSPS) is 12.0. The molecular formula is C23H19NO5. The molecule has 3 aromatic rings. The molecule has 3 aromatic carbocycles. The molecule has 4 rings (SSSR count). The van der Waals surface area contributed by atoms with Crippen LogP contribution in [0.5, 0.6) is 5.75 Å². The van der Waals surface area contributed by atoms with Gasteiger partial charge in [-0.1, -0.05) is 54.6 Å². The highest BCUT2D eigenvalue weighted by Gasteiger charge is 2.28. The van der Waals surface area contributed by atoms with Gasteiger partial charge in [0.1, 0.15) is 12.4 Å². The third-order valence-electron chi connectivity index (χ3n) is 4.79. The largest absolute Gasteiger partial charge is 0.482 e. The van der Waals surface area contributed by atoms with Crippen molar-refractivity contribution in [1.29, 1.82) is 0 Å². The Morgan fingerprint density at radius 3 is 2.21 bits per heavy atom. The van der Waals surface area contributed by atoms with E-state index in [4.69, 9.17) is 14.6 Å². The average Bonchev–Trinajstić information content (AvgIpc) is 3.05. The molecule has 0 saturated carbocycles. The summed E-state index contributed by atoms with van der Waals surface area (Å²) < 4.78 is 10.6. The van der Waals surface area contributed by atoms with Crippen molar-refractivity contribution in [3.8, 4) is 16.9 Å². The highest BCUT2D eigenvalue weighted by Crippen LogP contribution is 2.44. The lowest BCUT2D eigenvalue weighted by atomic mass is 9.98. The first kappa shape index (κ1) is 18.6. The number of nitrogens with one attached hydrogen (secondary N) is 1. The van der Waals surface area contributed by atoms with Crippen molar-refractivity contribution in [2.45, 2.75) is 5.92 Å². The van der Waals surface area contributed by atoms with Crippen LogP contribution >= 0.6 is 0 Å². The number of ether oxygens (including phenoxy) is 2. The van der Waals surface area contributed by atoms with Gasteiger partial charge >= 0.3 is 12.1 Å². The molecule has 0 radical (unpaired) electrons. The zero-order valence-corrected chi connectivity index (χ0v) is 15.5. The van der Waals surface area contributed by atoms with Gasteiger partial charge in [-0.15, -0.1) is 0 Å². The minimum absolute atomic E-state index is 0.0154. The first-order valence-corrected chi connectivity index (χ1v) is 9.18. The molecule has 0 aromatic heterocycles. The maximum atomic E-state index is 12.3. The molecule has 6 heteroatoms. The van der Waals surface area contributed by atoms with E-state index in [1.165, 1.54) is 11.1 Å². The second-order valence-electron chi connectivity index (χ2n) is 6.66. The molecule has 6 nitrogen and oxygen atoms in total. The van der Waals surface area contributed by atoms with Crippen LogP contribution in [-0.4, -0.2) is 30.4 Å². The fourth-order valence-corrected chi connectivity index (χ4v) is 3.56. The van der Waals surface area contributed by atoms with Crippen LogP contribution in [0.2, 0.25) is 0 Å². The number of benzene rings is 3. The Bertz CT molecular complexity index is 1020. The smallest absolute Gasteiger partial charge is 0.411 e. The topological polar surface area (TPSA) is 84.9 Å². The molecule has 0 fully saturated rings. The number of carbonyl (C=O) groups excluding carboxylic acids is 1. The Kier molecular flexibility index (Phi) is 5.16. The first-order valence-electron chi connectivity index (χ1n) is 9.18. The molecule has 0 spiro atoms. The average molecular weight is 389 g/mol. The Labute approximate surface area is 167 Å². The van der Waals surface area contributed by atoms with E-state index in [1.54, 1.807) is 24.3 Å². The monoisotopic (exact) mass is 389 g/mol. The van der Waals surface area contributed by atoms with Gasteiger partial charge in [0.25, 0.3) is 0 Å². The molecule has 1 aliphatic carbocycles. The van der Waals surface area contributed by atoms with Crippen molar-refractivity contribution in [2.24, 2.45) is 0 Å². The van der Waals surface area contributed by atoms with Crippen molar-refractivity contribution < 1.29 is 24.2 Å². The molecule has 0 saturated heterocycles. The maximum absolute atomic E-state index is 12.3. The highest BCUT2D eigenvalue weighted by molar-refractivity contribution is 5.85. The van der Waals surface area contributed by atoms with Gasteiger partial charge in [-0.05, 0) is 34.4 Å². The number of fused-ring (bicyclic) bond motifs is 3. The summed E-state index contributed by atoms with van der Waals surface area (Å²) in [4.78, 5) is 22.9. The van der Waals surface area contributed by atoms with E-state index < -0.39 is 18.7 Å². The summed E-state index contributed by atoms with van der Waals surface area (Å²) >= 11 is 0. The van der Waals surface area contributed by atoms with Gasteiger partial charge in [0.2, 0.25) is 0 Å². The van der Waals surface area contributed by atoms with E-state index in [9.17, 15) is 9.59 Å². The SMILES string of the molecule is O=C(O)COc1cccc(NC(=O)OCC2c3ccccc3-c3ccccc32)c1. The number of hydrogen-bond donors (Lipinski definition) is 2. The number of rotatable bonds is 6. The number of amides is 1. The lowest BCUT2D eigenvalue weighted by Gasteiger charge is -2.15. The van der Waals surface area contributed by atoms with Gasteiger partial charge in [-0.25, -0.2) is 9.59 Å². The van der Waals surface area contributed by atoms with Gasteiger partial charge in [0.05, 0.1) is 0 Å². The summed E-state index contributed by atoms with van der Waals surface area (Å²) in [6, 6.07) is 22.8. The van der Waals surface area contributed by atoms with Gasteiger partial charge in [0, 0.05) is 17.7 Å². The number of anilines is 1. The van der Waals surface area contributed by atoms with Crippen molar-refractivity contribution in [3.63, 3.8) is 0 Å². The summed E-state index contributed by atoms with van der Waals surface area (Å²) in [6.45, 7) is -0.233. The van der Waals surface area contributed by atoms with Gasteiger partial charge < -0.3 is 14.6 Å². The lowest BCUT2D eigenvalue weighted by Crippen LogP contribution is -2.18. The van der Waals surface area contributed by atoms with Crippen LogP contribution < -0.4 is 10.1 Å². The summed E-state index contributed by atoms with van der Waals surface area (Å²) in [5.74, 6) is -0.734. The summed E-state index contributed by atoms with van der Waals surface area (Å²) in [6.07, 6.45) is -0.581. The van der Waals surface area contributed by atoms with Crippen LogP contribution in [-0.2, 0) is 9.53 Å².